The van der Waals surface area contributed by atoms with E-state index in [0.29, 0.717) is 5.92 Å². The molecule has 1 saturated heterocycles. The number of piperidine rings is 1. The van der Waals surface area contributed by atoms with Gasteiger partial charge in [0, 0.05) is 30.3 Å². The van der Waals surface area contributed by atoms with Crippen LogP contribution in [0.15, 0.2) is 0 Å². The number of likely N-dealkylation sites (N-methyl/N-ethyl adjacent to an activating group) is 1. The second-order valence-corrected chi connectivity index (χ2v) is 5.58. The summed E-state index contributed by atoms with van der Waals surface area (Å²) < 4.78 is 0. The Balaban J connectivity index is 1.81. The fourth-order valence-electron chi connectivity index (χ4n) is 3.33. The molecule has 0 bridgehead atoms. The number of anilines is 1. The monoisotopic (exact) mass is 248 g/mol. The fraction of sp³-hybridized carbons (Fsp3) is 0.786. The summed E-state index contributed by atoms with van der Waals surface area (Å²) in [6.45, 7) is 6.97. The van der Waals surface area contributed by atoms with Crippen LogP contribution in [0.4, 0.5) is 5.82 Å². The number of fused-ring (bicyclic) bond motifs is 1. The van der Waals surface area contributed by atoms with Crippen molar-refractivity contribution in [3.63, 3.8) is 0 Å². The van der Waals surface area contributed by atoms with Crippen molar-refractivity contribution in [2.75, 3.05) is 31.5 Å². The number of hydrogen-bond donors (Lipinski definition) is 2. The van der Waals surface area contributed by atoms with E-state index in [1.807, 2.05) is 0 Å². The number of aromatic nitrogens is 2. The van der Waals surface area contributed by atoms with Crippen LogP contribution >= 0.6 is 0 Å². The molecule has 3 rings (SSSR count). The van der Waals surface area contributed by atoms with Gasteiger partial charge >= 0.3 is 0 Å². The van der Waals surface area contributed by atoms with Gasteiger partial charge in [0.05, 0.1) is 0 Å². The first-order valence-corrected chi connectivity index (χ1v) is 7.42. The van der Waals surface area contributed by atoms with Gasteiger partial charge in [-0.15, -0.1) is 0 Å². The molecule has 0 unspecified atom stereocenters. The van der Waals surface area contributed by atoms with Crippen molar-refractivity contribution < 1.29 is 0 Å². The molecule has 2 aliphatic rings. The minimum absolute atomic E-state index is 0.662. The molecule has 3 heterocycles. The average Bonchev–Trinajstić information content (AvgIpc) is 2.68. The van der Waals surface area contributed by atoms with Gasteiger partial charge in [-0.2, -0.15) is 5.10 Å². The summed E-state index contributed by atoms with van der Waals surface area (Å²) in [7, 11) is 0. The van der Waals surface area contributed by atoms with E-state index in [1.165, 1.54) is 63.0 Å². The van der Waals surface area contributed by atoms with Crippen molar-refractivity contribution in [3.05, 3.63) is 11.3 Å². The summed E-state index contributed by atoms with van der Waals surface area (Å²) in [5.74, 6) is 1.78. The fourth-order valence-corrected chi connectivity index (χ4v) is 3.33. The van der Waals surface area contributed by atoms with E-state index in [-0.39, 0.29) is 0 Å². The topological polar surface area (TPSA) is 44.0 Å². The number of aromatic amines is 1. The highest BCUT2D eigenvalue weighted by molar-refractivity contribution is 5.48. The summed E-state index contributed by atoms with van der Waals surface area (Å²) in [5, 5.41) is 11.3. The maximum absolute atomic E-state index is 4.49. The van der Waals surface area contributed by atoms with Crippen molar-refractivity contribution in [2.24, 2.45) is 0 Å². The first-order chi connectivity index (χ1) is 8.88. The lowest BCUT2D eigenvalue weighted by Crippen LogP contribution is -2.34. The Hall–Kier alpha value is -1.03. The van der Waals surface area contributed by atoms with Gasteiger partial charge in [-0.25, -0.2) is 0 Å². The SMILES string of the molecule is CCN1CCC[C@@H](c2[nH]nc3c2CCCCN3)C1. The lowest BCUT2D eigenvalue weighted by Gasteiger charge is -2.31. The molecule has 1 atom stereocenters. The van der Waals surface area contributed by atoms with Crippen LogP contribution in [0, 0.1) is 0 Å². The maximum Gasteiger partial charge on any atom is 0.151 e. The van der Waals surface area contributed by atoms with E-state index in [0.717, 1.165) is 12.4 Å². The zero-order valence-electron chi connectivity index (χ0n) is 11.3. The normalized spacial score (nSPS) is 25.3. The molecule has 0 radical (unpaired) electrons. The minimum atomic E-state index is 0.662. The Morgan fingerprint density at radius 2 is 2.28 bits per heavy atom. The molecule has 2 N–H and O–H groups in total. The molecule has 0 amide bonds. The highest BCUT2D eigenvalue weighted by atomic mass is 15.2. The molecule has 0 aromatic carbocycles. The average molecular weight is 248 g/mol. The van der Waals surface area contributed by atoms with Crippen LogP contribution < -0.4 is 5.32 Å². The molecular formula is C14H24N4. The van der Waals surface area contributed by atoms with E-state index >= 15 is 0 Å². The number of rotatable bonds is 2. The van der Waals surface area contributed by atoms with E-state index < -0.39 is 0 Å². The minimum Gasteiger partial charge on any atom is -0.368 e. The Morgan fingerprint density at radius 3 is 3.17 bits per heavy atom. The Morgan fingerprint density at radius 1 is 1.33 bits per heavy atom. The summed E-state index contributed by atoms with van der Waals surface area (Å²) in [6, 6.07) is 0. The Bertz CT molecular complexity index is 398. The molecule has 4 nitrogen and oxygen atoms in total. The van der Waals surface area contributed by atoms with Gasteiger partial charge in [-0.05, 0) is 45.2 Å². The molecular weight excluding hydrogens is 224 g/mol. The predicted molar refractivity (Wildman–Crippen MR) is 74.1 cm³/mol. The molecule has 0 spiro atoms. The third-order valence-corrected chi connectivity index (χ3v) is 4.41. The summed E-state index contributed by atoms with van der Waals surface area (Å²) in [5.41, 5.74) is 2.88. The summed E-state index contributed by atoms with van der Waals surface area (Å²) in [4.78, 5) is 2.56. The first kappa shape index (κ1) is 12.0. The molecule has 0 aliphatic carbocycles. The van der Waals surface area contributed by atoms with Gasteiger partial charge in [-0.1, -0.05) is 6.92 Å². The van der Waals surface area contributed by atoms with Crippen molar-refractivity contribution in [3.8, 4) is 0 Å². The lowest BCUT2D eigenvalue weighted by atomic mass is 9.91. The van der Waals surface area contributed by atoms with Crippen molar-refractivity contribution in [2.45, 2.75) is 44.9 Å². The highest BCUT2D eigenvalue weighted by Gasteiger charge is 2.26. The molecule has 100 valence electrons. The van der Waals surface area contributed by atoms with Crippen LogP contribution in [0.1, 0.15) is 49.8 Å². The molecule has 0 saturated carbocycles. The molecule has 2 aliphatic heterocycles. The first-order valence-electron chi connectivity index (χ1n) is 7.42. The molecule has 1 fully saturated rings. The third-order valence-electron chi connectivity index (χ3n) is 4.41. The third kappa shape index (κ3) is 2.26. The molecule has 18 heavy (non-hydrogen) atoms. The van der Waals surface area contributed by atoms with Gasteiger partial charge in [0.1, 0.15) is 0 Å². The van der Waals surface area contributed by atoms with Crippen molar-refractivity contribution >= 4 is 5.82 Å². The van der Waals surface area contributed by atoms with Crippen LogP contribution in [0.5, 0.6) is 0 Å². The summed E-state index contributed by atoms with van der Waals surface area (Å²) >= 11 is 0. The van der Waals surface area contributed by atoms with Gasteiger partial charge in [0.25, 0.3) is 0 Å². The zero-order valence-corrected chi connectivity index (χ0v) is 11.3. The van der Waals surface area contributed by atoms with E-state index in [2.05, 4.69) is 27.3 Å². The van der Waals surface area contributed by atoms with E-state index in [9.17, 15) is 0 Å². The number of nitrogens with zero attached hydrogens (tertiary/aromatic N) is 2. The van der Waals surface area contributed by atoms with Gasteiger partial charge in [0.2, 0.25) is 0 Å². The zero-order chi connectivity index (χ0) is 12.4. The summed E-state index contributed by atoms with van der Waals surface area (Å²) in [6.07, 6.45) is 6.37. The maximum atomic E-state index is 4.49. The molecule has 1 aromatic heterocycles. The van der Waals surface area contributed by atoms with Gasteiger partial charge in [0.15, 0.2) is 5.82 Å². The Kier molecular flexibility index (Phi) is 3.55. The standard InChI is InChI=1S/C14H24N4/c1-2-18-9-5-6-11(10-18)13-12-7-3-4-8-15-14(12)17-16-13/h11H,2-10H2,1H3,(H2,15,16,17)/t11-/m1/s1. The second kappa shape index (κ2) is 5.31. The van der Waals surface area contributed by atoms with Crippen molar-refractivity contribution in [1.29, 1.82) is 0 Å². The highest BCUT2D eigenvalue weighted by Crippen LogP contribution is 2.32. The van der Waals surface area contributed by atoms with Crippen LogP contribution in [-0.2, 0) is 6.42 Å². The lowest BCUT2D eigenvalue weighted by molar-refractivity contribution is 0.215. The quantitative estimate of drug-likeness (QED) is 0.844. The van der Waals surface area contributed by atoms with Gasteiger partial charge in [-0.3, -0.25) is 5.10 Å². The van der Waals surface area contributed by atoms with E-state index in [4.69, 9.17) is 0 Å². The number of likely N-dealkylation sites (tertiary alicyclic amines) is 1. The van der Waals surface area contributed by atoms with Crippen LogP contribution in [0.25, 0.3) is 0 Å². The van der Waals surface area contributed by atoms with Gasteiger partial charge < -0.3 is 10.2 Å². The molecule has 4 heteroatoms. The molecule has 1 aromatic rings. The Labute approximate surface area is 109 Å². The second-order valence-electron chi connectivity index (χ2n) is 5.58. The largest absolute Gasteiger partial charge is 0.368 e. The number of nitrogens with one attached hydrogen (secondary N) is 2. The van der Waals surface area contributed by atoms with Crippen LogP contribution in [0.2, 0.25) is 0 Å². The van der Waals surface area contributed by atoms with Crippen LogP contribution in [-0.4, -0.2) is 41.3 Å². The number of H-pyrrole nitrogens is 1. The van der Waals surface area contributed by atoms with Crippen molar-refractivity contribution in [1.82, 2.24) is 15.1 Å². The predicted octanol–water partition coefficient (Wildman–Crippen LogP) is 2.36. The smallest absolute Gasteiger partial charge is 0.151 e. The van der Waals surface area contributed by atoms with E-state index in [1.54, 1.807) is 0 Å². The number of hydrogen-bond acceptors (Lipinski definition) is 3. The van der Waals surface area contributed by atoms with Crippen LogP contribution in [0.3, 0.4) is 0 Å².